The summed E-state index contributed by atoms with van der Waals surface area (Å²) in [4.78, 5) is 33.1. The highest BCUT2D eigenvalue weighted by molar-refractivity contribution is 7.22. The van der Waals surface area contributed by atoms with Crippen LogP contribution in [0, 0.1) is 5.82 Å². The Morgan fingerprint density at radius 2 is 1.73 bits per heavy atom. The zero-order chi connectivity index (χ0) is 31.0. The molecule has 0 bridgehead atoms. The fourth-order valence-corrected chi connectivity index (χ4v) is 5.36. The van der Waals surface area contributed by atoms with E-state index in [9.17, 15) is 22.8 Å². The number of halogens is 4. The first-order valence-corrected chi connectivity index (χ1v) is 13.5. The van der Waals surface area contributed by atoms with Crippen molar-refractivity contribution < 1.29 is 37.0 Å². The van der Waals surface area contributed by atoms with E-state index in [1.54, 1.807) is 18.2 Å². The van der Waals surface area contributed by atoms with E-state index in [2.05, 4.69) is 20.4 Å². The van der Waals surface area contributed by atoms with Gasteiger partial charge in [0.1, 0.15) is 5.75 Å². The predicted molar refractivity (Wildman–Crippen MR) is 153 cm³/mol. The summed E-state index contributed by atoms with van der Waals surface area (Å²) in [6.45, 7) is 0. The number of carboxylic acids is 1. The molecule has 0 fully saturated rings. The molecule has 0 saturated carbocycles. The lowest BCUT2D eigenvalue weighted by Crippen LogP contribution is -2.20. The van der Waals surface area contributed by atoms with E-state index in [0.717, 1.165) is 12.3 Å². The van der Waals surface area contributed by atoms with Gasteiger partial charge in [0.05, 0.1) is 43.8 Å². The van der Waals surface area contributed by atoms with Crippen molar-refractivity contribution in [3.05, 3.63) is 114 Å². The van der Waals surface area contributed by atoms with Crippen LogP contribution in [0.2, 0.25) is 0 Å². The Balaban J connectivity index is 1.23. The average Bonchev–Trinajstić information content (AvgIpc) is 3.65. The van der Waals surface area contributed by atoms with Crippen molar-refractivity contribution in [1.29, 1.82) is 0 Å². The maximum atomic E-state index is 15.1. The molecule has 6 aromatic rings. The molecule has 6 rings (SSSR count). The molecule has 4 heterocycles. The maximum absolute atomic E-state index is 15.1. The SMILES string of the molecule is O=C(O)c1ccc(-c2cc3nccc(Oc4ccc(NC(=O)c5cnn(-c6ccccc6)c5C(F)(F)F)cc4F)c3s2)nc1. The van der Waals surface area contributed by atoms with Crippen molar-refractivity contribution in [3.63, 3.8) is 0 Å². The van der Waals surface area contributed by atoms with Crippen LogP contribution in [0.25, 0.3) is 26.5 Å². The second-order valence-electron chi connectivity index (χ2n) is 9.22. The number of carbonyl (C=O) groups is 2. The molecule has 1 amide bonds. The van der Waals surface area contributed by atoms with E-state index in [1.165, 1.54) is 72.3 Å². The number of nitrogens with one attached hydrogen (secondary N) is 1. The van der Waals surface area contributed by atoms with Gasteiger partial charge >= 0.3 is 12.1 Å². The number of benzene rings is 2. The third kappa shape index (κ3) is 5.57. The summed E-state index contributed by atoms with van der Waals surface area (Å²) in [5.74, 6) is -3.05. The Bertz CT molecular complexity index is 2030. The number of hydrogen-bond acceptors (Lipinski definition) is 7. The molecule has 0 radical (unpaired) electrons. The third-order valence-electron chi connectivity index (χ3n) is 6.33. The number of amides is 1. The number of hydrogen-bond donors (Lipinski definition) is 2. The number of aromatic carboxylic acids is 1. The Labute approximate surface area is 249 Å². The number of rotatable bonds is 7. The number of ether oxygens (including phenoxy) is 1. The first-order chi connectivity index (χ1) is 21.1. The summed E-state index contributed by atoms with van der Waals surface area (Å²) in [5.41, 5.74) is -0.911. The molecule has 2 N–H and O–H groups in total. The number of para-hydroxylation sites is 1. The molecule has 0 spiro atoms. The minimum atomic E-state index is -4.91. The molecule has 0 saturated heterocycles. The van der Waals surface area contributed by atoms with E-state index in [0.29, 0.717) is 25.5 Å². The molecule has 0 aliphatic carbocycles. The van der Waals surface area contributed by atoms with Gasteiger partial charge in [0.25, 0.3) is 5.91 Å². The predicted octanol–water partition coefficient (Wildman–Crippen LogP) is 7.44. The number of carbonyl (C=O) groups excluding carboxylic acids is 1. The van der Waals surface area contributed by atoms with Gasteiger partial charge < -0.3 is 15.2 Å². The number of thiophene rings is 1. The molecule has 220 valence electrons. The van der Waals surface area contributed by atoms with Crippen molar-refractivity contribution in [2.45, 2.75) is 6.18 Å². The van der Waals surface area contributed by atoms with Gasteiger partial charge in [-0.2, -0.15) is 18.3 Å². The zero-order valence-electron chi connectivity index (χ0n) is 22.0. The van der Waals surface area contributed by atoms with Gasteiger partial charge in [0.15, 0.2) is 17.3 Å². The van der Waals surface area contributed by atoms with Crippen LogP contribution < -0.4 is 10.1 Å². The number of aromatic nitrogens is 4. The first kappa shape index (κ1) is 28.5. The van der Waals surface area contributed by atoms with E-state index in [4.69, 9.17) is 9.84 Å². The van der Waals surface area contributed by atoms with Crippen LogP contribution in [0.5, 0.6) is 11.5 Å². The van der Waals surface area contributed by atoms with Crippen LogP contribution in [-0.4, -0.2) is 36.7 Å². The van der Waals surface area contributed by atoms with Crippen LogP contribution in [0.15, 0.2) is 91.4 Å². The average molecular weight is 620 g/mol. The number of fused-ring (bicyclic) bond motifs is 1. The van der Waals surface area contributed by atoms with E-state index in [-0.39, 0.29) is 28.4 Å². The lowest BCUT2D eigenvalue weighted by atomic mass is 10.2. The molecule has 2 aromatic carbocycles. The molecule has 9 nitrogen and oxygen atoms in total. The highest BCUT2D eigenvalue weighted by Gasteiger charge is 2.40. The summed E-state index contributed by atoms with van der Waals surface area (Å²) in [6.07, 6.45) is -1.40. The van der Waals surface area contributed by atoms with Gasteiger partial charge in [-0.25, -0.2) is 13.9 Å². The summed E-state index contributed by atoms with van der Waals surface area (Å²) >= 11 is 1.25. The fraction of sp³-hybridized carbons (Fsp3) is 0.0333. The van der Waals surface area contributed by atoms with Crippen LogP contribution >= 0.6 is 11.3 Å². The lowest BCUT2D eigenvalue weighted by Gasteiger charge is -2.13. The Kier molecular flexibility index (Phi) is 7.27. The topological polar surface area (TPSA) is 119 Å². The van der Waals surface area contributed by atoms with Crippen molar-refractivity contribution in [2.24, 2.45) is 0 Å². The van der Waals surface area contributed by atoms with E-state index in [1.807, 2.05) is 0 Å². The summed E-state index contributed by atoms with van der Waals surface area (Å²) < 4.78 is 64.0. The van der Waals surface area contributed by atoms with Crippen molar-refractivity contribution in [1.82, 2.24) is 19.7 Å². The fourth-order valence-electron chi connectivity index (χ4n) is 4.32. The Hall–Kier alpha value is -5.63. The minimum Gasteiger partial charge on any atom is -0.478 e. The van der Waals surface area contributed by atoms with Crippen molar-refractivity contribution in [2.75, 3.05) is 5.32 Å². The van der Waals surface area contributed by atoms with Crippen LogP contribution in [-0.2, 0) is 6.18 Å². The normalized spacial score (nSPS) is 11.5. The summed E-state index contributed by atoms with van der Waals surface area (Å²) in [5, 5.41) is 15.1. The smallest absolute Gasteiger partial charge is 0.434 e. The Morgan fingerprint density at radius 1 is 0.932 bits per heavy atom. The molecule has 0 atom stereocenters. The molecule has 0 unspecified atom stereocenters. The van der Waals surface area contributed by atoms with Crippen LogP contribution in [0.1, 0.15) is 26.4 Å². The maximum Gasteiger partial charge on any atom is 0.434 e. The number of alkyl halides is 3. The highest BCUT2D eigenvalue weighted by atomic mass is 32.1. The number of pyridine rings is 2. The third-order valence-corrected chi connectivity index (χ3v) is 7.49. The molecule has 0 aliphatic rings. The highest BCUT2D eigenvalue weighted by Crippen LogP contribution is 2.39. The van der Waals surface area contributed by atoms with Gasteiger partial charge in [-0.05, 0) is 42.5 Å². The monoisotopic (exact) mass is 619 g/mol. The molecular formula is C30H17F4N5O4S. The van der Waals surface area contributed by atoms with Gasteiger partial charge in [-0.3, -0.25) is 14.8 Å². The lowest BCUT2D eigenvalue weighted by molar-refractivity contribution is -0.143. The van der Waals surface area contributed by atoms with Crippen molar-refractivity contribution in [3.8, 4) is 27.8 Å². The second kappa shape index (κ2) is 11.2. The molecule has 14 heteroatoms. The van der Waals surface area contributed by atoms with Gasteiger partial charge in [0, 0.05) is 30.2 Å². The van der Waals surface area contributed by atoms with E-state index < -0.39 is 35.1 Å². The quantitative estimate of drug-likeness (QED) is 0.178. The molecule has 0 aliphatic heterocycles. The van der Waals surface area contributed by atoms with Crippen molar-refractivity contribution >= 4 is 39.1 Å². The van der Waals surface area contributed by atoms with Gasteiger partial charge in [-0.15, -0.1) is 11.3 Å². The van der Waals surface area contributed by atoms with Gasteiger partial charge in [0.2, 0.25) is 0 Å². The summed E-state index contributed by atoms with van der Waals surface area (Å²) in [6, 6.07) is 17.2. The summed E-state index contributed by atoms with van der Waals surface area (Å²) in [7, 11) is 0. The number of nitrogens with zero attached hydrogens (tertiary/aromatic N) is 4. The standard InChI is InChI=1S/C30H17F4N5O4S/c31-20-12-17(38-28(40)19-15-37-39(27(19)30(32,33)34)18-4-2-1-3-5-18)7-9-23(20)43-24-10-11-35-22-13-25(44-26(22)24)21-8-6-16(14-36-21)29(41)42/h1-15H,(H,38,40)(H,41,42). The molecular weight excluding hydrogens is 602 g/mol. The second-order valence-corrected chi connectivity index (χ2v) is 10.3. The van der Waals surface area contributed by atoms with Crippen LogP contribution in [0.4, 0.5) is 23.2 Å². The number of carboxylic acid groups (broad SMARTS) is 1. The largest absolute Gasteiger partial charge is 0.478 e. The minimum absolute atomic E-state index is 0.0372. The Morgan fingerprint density at radius 3 is 2.41 bits per heavy atom. The molecule has 44 heavy (non-hydrogen) atoms. The molecule has 4 aromatic heterocycles. The van der Waals surface area contributed by atoms with Gasteiger partial charge in [-0.1, -0.05) is 18.2 Å². The number of anilines is 1. The van der Waals surface area contributed by atoms with Crippen LogP contribution in [0.3, 0.4) is 0 Å². The van der Waals surface area contributed by atoms with E-state index >= 15 is 4.39 Å². The first-order valence-electron chi connectivity index (χ1n) is 12.7. The zero-order valence-corrected chi connectivity index (χ0v) is 22.9.